The van der Waals surface area contributed by atoms with Crippen LogP contribution in [0.4, 0.5) is 8.78 Å². The van der Waals surface area contributed by atoms with Crippen molar-refractivity contribution in [2.24, 2.45) is 0 Å². The molecule has 0 aromatic heterocycles. The minimum Gasteiger partial charge on any atom is -0.395 e. The van der Waals surface area contributed by atoms with Gasteiger partial charge in [0.1, 0.15) is 0 Å². The number of aliphatic hydroxyl groups excluding tert-OH is 1. The quantitative estimate of drug-likeness (QED) is 0.841. The first-order valence-electron chi connectivity index (χ1n) is 5.76. The first-order valence-corrected chi connectivity index (χ1v) is 5.76. The molecule has 0 saturated carbocycles. The number of amides is 1. The Morgan fingerprint density at radius 1 is 1.39 bits per heavy atom. The zero-order chi connectivity index (χ0) is 13.5. The minimum atomic E-state index is -2.59. The topological polar surface area (TPSA) is 40.5 Å². The molecule has 1 aromatic carbocycles. The lowest BCUT2D eigenvalue weighted by Gasteiger charge is -2.21. The van der Waals surface area contributed by atoms with Crippen LogP contribution in [0.5, 0.6) is 0 Å². The minimum absolute atomic E-state index is 0.0605. The predicted octanol–water partition coefficient (Wildman–Crippen LogP) is 1.62. The number of hydrogen-bond donors (Lipinski definition) is 1. The predicted molar refractivity (Wildman–Crippen MR) is 64.6 cm³/mol. The maximum atomic E-state index is 12.3. The SMILES string of the molecule is Cc1ccccc1CC(=O)N(CCO)CC(F)F. The highest BCUT2D eigenvalue weighted by molar-refractivity contribution is 5.79. The van der Waals surface area contributed by atoms with E-state index in [-0.39, 0.29) is 19.6 Å². The van der Waals surface area contributed by atoms with Crippen molar-refractivity contribution in [1.82, 2.24) is 4.90 Å². The summed E-state index contributed by atoms with van der Waals surface area (Å²) in [5.74, 6) is -0.390. The van der Waals surface area contributed by atoms with E-state index < -0.39 is 18.9 Å². The number of nitrogens with zero attached hydrogens (tertiary/aromatic N) is 1. The summed E-state index contributed by atoms with van der Waals surface area (Å²) in [5.41, 5.74) is 1.77. The third-order valence-corrected chi connectivity index (χ3v) is 2.68. The van der Waals surface area contributed by atoms with Crippen LogP contribution in [-0.4, -0.2) is 42.0 Å². The largest absolute Gasteiger partial charge is 0.395 e. The average Bonchev–Trinajstić information content (AvgIpc) is 2.31. The van der Waals surface area contributed by atoms with Gasteiger partial charge in [0.25, 0.3) is 6.43 Å². The highest BCUT2D eigenvalue weighted by atomic mass is 19.3. The van der Waals surface area contributed by atoms with Gasteiger partial charge in [0.05, 0.1) is 19.6 Å². The van der Waals surface area contributed by atoms with Crippen LogP contribution in [0.2, 0.25) is 0 Å². The molecule has 0 heterocycles. The Hall–Kier alpha value is -1.49. The fourth-order valence-corrected chi connectivity index (χ4v) is 1.69. The van der Waals surface area contributed by atoms with E-state index in [0.717, 1.165) is 16.0 Å². The number of aryl methyl sites for hydroxylation is 1. The second-order valence-electron chi connectivity index (χ2n) is 4.06. The molecule has 0 bridgehead atoms. The van der Waals surface area contributed by atoms with E-state index in [2.05, 4.69) is 0 Å². The zero-order valence-corrected chi connectivity index (χ0v) is 10.3. The van der Waals surface area contributed by atoms with Crippen molar-refractivity contribution in [2.45, 2.75) is 19.8 Å². The number of carbonyl (C=O) groups excluding carboxylic acids is 1. The summed E-state index contributed by atoms with van der Waals surface area (Å²) < 4.78 is 24.6. The summed E-state index contributed by atoms with van der Waals surface area (Å²) >= 11 is 0. The number of hydrogen-bond acceptors (Lipinski definition) is 2. The van der Waals surface area contributed by atoms with Gasteiger partial charge in [-0.3, -0.25) is 4.79 Å². The van der Waals surface area contributed by atoms with Gasteiger partial charge >= 0.3 is 0 Å². The van der Waals surface area contributed by atoms with Gasteiger partial charge in [0.2, 0.25) is 5.91 Å². The van der Waals surface area contributed by atoms with Gasteiger partial charge in [-0.1, -0.05) is 24.3 Å². The van der Waals surface area contributed by atoms with Crippen molar-refractivity contribution in [2.75, 3.05) is 19.7 Å². The Balaban J connectivity index is 2.69. The van der Waals surface area contributed by atoms with Crippen molar-refractivity contribution >= 4 is 5.91 Å². The van der Waals surface area contributed by atoms with Crippen LogP contribution in [0, 0.1) is 6.92 Å². The Kier molecular flexibility index (Phi) is 5.71. The second kappa shape index (κ2) is 7.06. The van der Waals surface area contributed by atoms with Crippen LogP contribution in [0.3, 0.4) is 0 Å². The van der Waals surface area contributed by atoms with Crippen LogP contribution in [-0.2, 0) is 11.2 Å². The number of alkyl halides is 2. The van der Waals surface area contributed by atoms with Crippen molar-refractivity contribution in [3.63, 3.8) is 0 Å². The highest BCUT2D eigenvalue weighted by Crippen LogP contribution is 2.10. The fourth-order valence-electron chi connectivity index (χ4n) is 1.69. The highest BCUT2D eigenvalue weighted by Gasteiger charge is 2.18. The lowest BCUT2D eigenvalue weighted by molar-refractivity contribution is -0.133. The lowest BCUT2D eigenvalue weighted by atomic mass is 10.1. The average molecular weight is 257 g/mol. The third-order valence-electron chi connectivity index (χ3n) is 2.68. The molecule has 0 spiro atoms. The summed E-state index contributed by atoms with van der Waals surface area (Å²) in [7, 11) is 0. The zero-order valence-electron chi connectivity index (χ0n) is 10.3. The summed E-state index contributed by atoms with van der Waals surface area (Å²) in [4.78, 5) is 12.9. The molecule has 5 heteroatoms. The summed E-state index contributed by atoms with van der Waals surface area (Å²) in [6, 6.07) is 7.33. The van der Waals surface area contributed by atoms with Crippen LogP contribution >= 0.6 is 0 Å². The molecule has 0 unspecified atom stereocenters. The molecule has 0 fully saturated rings. The van der Waals surface area contributed by atoms with Crippen molar-refractivity contribution in [1.29, 1.82) is 0 Å². The van der Waals surface area contributed by atoms with E-state index >= 15 is 0 Å². The Morgan fingerprint density at radius 3 is 2.61 bits per heavy atom. The number of halogens is 2. The Labute approximate surface area is 105 Å². The van der Waals surface area contributed by atoms with E-state index in [1.807, 2.05) is 19.1 Å². The van der Waals surface area contributed by atoms with E-state index in [4.69, 9.17) is 5.11 Å². The smallest absolute Gasteiger partial charge is 0.255 e. The molecule has 0 aliphatic heterocycles. The van der Waals surface area contributed by atoms with E-state index in [1.165, 1.54) is 0 Å². The lowest BCUT2D eigenvalue weighted by Crippen LogP contribution is -2.38. The van der Waals surface area contributed by atoms with Gasteiger partial charge in [-0.25, -0.2) is 8.78 Å². The molecule has 3 nitrogen and oxygen atoms in total. The van der Waals surface area contributed by atoms with Gasteiger partial charge in [0, 0.05) is 6.54 Å². The fraction of sp³-hybridized carbons (Fsp3) is 0.462. The molecular formula is C13H17F2NO2. The van der Waals surface area contributed by atoms with Crippen molar-refractivity contribution in [3.8, 4) is 0 Å². The summed E-state index contributed by atoms with van der Waals surface area (Å²) in [6.07, 6.45) is -2.50. The van der Waals surface area contributed by atoms with Gasteiger partial charge in [0.15, 0.2) is 0 Å². The molecule has 0 aliphatic carbocycles. The van der Waals surface area contributed by atoms with Gasteiger partial charge in [-0.2, -0.15) is 0 Å². The molecule has 18 heavy (non-hydrogen) atoms. The molecule has 1 aromatic rings. The van der Waals surface area contributed by atoms with E-state index in [0.29, 0.717) is 0 Å². The monoisotopic (exact) mass is 257 g/mol. The molecule has 1 amide bonds. The first-order chi connectivity index (χ1) is 8.54. The van der Waals surface area contributed by atoms with E-state index in [1.54, 1.807) is 12.1 Å². The Morgan fingerprint density at radius 2 is 2.06 bits per heavy atom. The number of carbonyl (C=O) groups is 1. The number of aliphatic hydroxyl groups is 1. The van der Waals surface area contributed by atoms with Crippen LogP contribution in [0.1, 0.15) is 11.1 Å². The normalized spacial score (nSPS) is 10.7. The van der Waals surface area contributed by atoms with Crippen LogP contribution in [0.15, 0.2) is 24.3 Å². The summed E-state index contributed by atoms with van der Waals surface area (Å²) in [5, 5.41) is 8.78. The van der Waals surface area contributed by atoms with Crippen LogP contribution in [0.25, 0.3) is 0 Å². The molecule has 1 N–H and O–H groups in total. The molecule has 0 saturated heterocycles. The molecule has 0 aliphatic rings. The van der Waals surface area contributed by atoms with Gasteiger partial charge in [-0.05, 0) is 18.1 Å². The van der Waals surface area contributed by atoms with Gasteiger partial charge < -0.3 is 10.0 Å². The first kappa shape index (κ1) is 14.6. The molecule has 1 rings (SSSR count). The maximum Gasteiger partial charge on any atom is 0.255 e. The molecule has 0 radical (unpaired) electrons. The van der Waals surface area contributed by atoms with Crippen molar-refractivity contribution in [3.05, 3.63) is 35.4 Å². The third kappa shape index (κ3) is 4.41. The molecule has 0 atom stereocenters. The Bertz CT molecular complexity index is 396. The molecule has 100 valence electrons. The van der Waals surface area contributed by atoms with E-state index in [9.17, 15) is 13.6 Å². The van der Waals surface area contributed by atoms with Gasteiger partial charge in [-0.15, -0.1) is 0 Å². The second-order valence-corrected chi connectivity index (χ2v) is 4.06. The maximum absolute atomic E-state index is 12.3. The summed E-state index contributed by atoms with van der Waals surface area (Å²) in [6.45, 7) is 0.860. The standard InChI is InChI=1S/C13H17F2NO2/c1-10-4-2-3-5-11(10)8-13(18)16(6-7-17)9-12(14)15/h2-5,12,17H,6-9H2,1H3. The number of rotatable bonds is 6. The number of benzene rings is 1. The van der Waals surface area contributed by atoms with Crippen LogP contribution < -0.4 is 0 Å². The van der Waals surface area contributed by atoms with Crippen molar-refractivity contribution < 1.29 is 18.7 Å². The molecular weight excluding hydrogens is 240 g/mol.